The van der Waals surface area contributed by atoms with Crippen LogP contribution in [0.5, 0.6) is 5.75 Å². The molecule has 1 aromatic heterocycles. The van der Waals surface area contributed by atoms with Gasteiger partial charge in [-0.2, -0.15) is 0 Å². The highest BCUT2D eigenvalue weighted by atomic mass is 32.2. The van der Waals surface area contributed by atoms with Gasteiger partial charge in [0.1, 0.15) is 17.6 Å². The van der Waals surface area contributed by atoms with Crippen molar-refractivity contribution in [2.45, 2.75) is 43.3 Å². The molecule has 0 unspecified atom stereocenters. The minimum absolute atomic E-state index is 0.0892. The van der Waals surface area contributed by atoms with Gasteiger partial charge in [0.2, 0.25) is 11.1 Å². The number of anilines is 1. The van der Waals surface area contributed by atoms with Gasteiger partial charge < -0.3 is 15.5 Å². The molecule has 3 aromatic carbocycles. The van der Waals surface area contributed by atoms with Crippen LogP contribution in [0.2, 0.25) is 0 Å². The molecule has 0 aliphatic carbocycles. The van der Waals surface area contributed by atoms with E-state index in [1.54, 1.807) is 0 Å². The number of thioether (sulfide) groups is 1. The standard InChI is InChI=1S/C27H27N5O2S/c1-3-19-11-15-21(16-12-19)28-26(33)25-24(20-13-9-18(2)10-14-20)31-32-23(29-30-27(32)35-25)17-34-22-7-5-4-6-8-22/h4-16,24-25,31H,3,17H2,1-2H3,(H,28,33)/t24-,25-/m0/s1. The van der Waals surface area contributed by atoms with Gasteiger partial charge in [0.25, 0.3) is 0 Å². The van der Waals surface area contributed by atoms with Crippen molar-refractivity contribution in [1.29, 1.82) is 0 Å². The first-order valence-corrected chi connectivity index (χ1v) is 12.5. The summed E-state index contributed by atoms with van der Waals surface area (Å²) in [6, 6.07) is 25.5. The van der Waals surface area contributed by atoms with Crippen LogP contribution in [-0.2, 0) is 17.8 Å². The monoisotopic (exact) mass is 485 g/mol. The number of nitrogens with one attached hydrogen (secondary N) is 2. The smallest absolute Gasteiger partial charge is 0.240 e. The van der Waals surface area contributed by atoms with Crippen LogP contribution in [0.25, 0.3) is 0 Å². The quantitative estimate of drug-likeness (QED) is 0.378. The number of carbonyl (C=O) groups excluding carboxylic acids is 1. The molecule has 0 radical (unpaired) electrons. The van der Waals surface area contributed by atoms with E-state index in [2.05, 4.69) is 52.1 Å². The Labute approximate surface area is 208 Å². The predicted molar refractivity (Wildman–Crippen MR) is 138 cm³/mol. The summed E-state index contributed by atoms with van der Waals surface area (Å²) in [5.74, 6) is 1.31. The minimum atomic E-state index is -0.442. The van der Waals surface area contributed by atoms with Crippen molar-refractivity contribution in [3.05, 3.63) is 101 Å². The number of para-hydroxylation sites is 1. The number of rotatable bonds is 7. The molecule has 2 heterocycles. The summed E-state index contributed by atoms with van der Waals surface area (Å²) in [7, 11) is 0. The second kappa shape index (κ2) is 10.2. The molecule has 7 nitrogen and oxygen atoms in total. The third-order valence-electron chi connectivity index (χ3n) is 5.94. The van der Waals surface area contributed by atoms with Gasteiger partial charge >= 0.3 is 0 Å². The zero-order valence-corrected chi connectivity index (χ0v) is 20.5. The second-order valence-corrected chi connectivity index (χ2v) is 9.54. The Morgan fingerprint density at radius 1 is 1.03 bits per heavy atom. The Bertz CT molecular complexity index is 1290. The molecule has 1 aliphatic heterocycles. The Balaban J connectivity index is 1.40. The molecule has 5 rings (SSSR count). The van der Waals surface area contributed by atoms with Gasteiger partial charge in [-0.3, -0.25) is 4.79 Å². The van der Waals surface area contributed by atoms with E-state index in [0.29, 0.717) is 11.0 Å². The second-order valence-electron chi connectivity index (χ2n) is 8.43. The topological polar surface area (TPSA) is 81.1 Å². The maximum atomic E-state index is 13.4. The molecule has 1 amide bonds. The van der Waals surface area contributed by atoms with Gasteiger partial charge in [-0.15, -0.1) is 10.2 Å². The normalized spacial score (nSPS) is 16.7. The first-order chi connectivity index (χ1) is 17.1. The first-order valence-electron chi connectivity index (χ1n) is 11.6. The molecule has 4 aromatic rings. The van der Waals surface area contributed by atoms with Gasteiger partial charge in [0.05, 0.1) is 6.04 Å². The number of carbonyl (C=O) groups is 1. The van der Waals surface area contributed by atoms with E-state index in [4.69, 9.17) is 4.74 Å². The lowest BCUT2D eigenvalue weighted by atomic mass is 10.0. The van der Waals surface area contributed by atoms with E-state index in [1.807, 2.05) is 66.2 Å². The van der Waals surface area contributed by atoms with Crippen molar-refractivity contribution in [2.75, 3.05) is 10.7 Å². The maximum Gasteiger partial charge on any atom is 0.240 e. The fourth-order valence-corrected chi connectivity index (χ4v) is 5.02. The average Bonchev–Trinajstić information content (AvgIpc) is 3.30. The summed E-state index contributed by atoms with van der Waals surface area (Å²) < 4.78 is 7.72. The van der Waals surface area contributed by atoms with Crippen LogP contribution in [0, 0.1) is 6.92 Å². The highest BCUT2D eigenvalue weighted by Gasteiger charge is 2.38. The molecule has 178 valence electrons. The molecule has 0 spiro atoms. The van der Waals surface area contributed by atoms with E-state index in [9.17, 15) is 4.79 Å². The number of aromatic nitrogens is 3. The molecule has 0 fully saturated rings. The van der Waals surface area contributed by atoms with Crippen LogP contribution in [0.1, 0.15) is 35.5 Å². The summed E-state index contributed by atoms with van der Waals surface area (Å²) in [6.45, 7) is 4.42. The minimum Gasteiger partial charge on any atom is -0.486 e. The van der Waals surface area contributed by atoms with Crippen molar-refractivity contribution in [2.24, 2.45) is 0 Å². The van der Waals surface area contributed by atoms with Crippen molar-refractivity contribution < 1.29 is 9.53 Å². The lowest BCUT2D eigenvalue weighted by Crippen LogP contribution is -2.41. The van der Waals surface area contributed by atoms with Crippen LogP contribution in [0.4, 0.5) is 5.69 Å². The van der Waals surface area contributed by atoms with E-state index in [1.165, 1.54) is 17.3 Å². The van der Waals surface area contributed by atoms with Crippen LogP contribution in [0.15, 0.2) is 84.0 Å². The van der Waals surface area contributed by atoms with Crippen molar-refractivity contribution in [3.63, 3.8) is 0 Å². The predicted octanol–water partition coefficient (Wildman–Crippen LogP) is 5.13. The molecule has 1 aliphatic rings. The van der Waals surface area contributed by atoms with Crippen LogP contribution >= 0.6 is 11.8 Å². The summed E-state index contributed by atoms with van der Waals surface area (Å²) in [6.07, 6.45) is 0.956. The maximum absolute atomic E-state index is 13.4. The van der Waals surface area contributed by atoms with Crippen molar-refractivity contribution in [1.82, 2.24) is 14.9 Å². The third-order valence-corrected chi connectivity index (χ3v) is 7.15. The fraction of sp³-hybridized carbons (Fsp3) is 0.222. The number of hydrogen-bond acceptors (Lipinski definition) is 6. The van der Waals surface area contributed by atoms with Gasteiger partial charge in [-0.25, -0.2) is 4.68 Å². The largest absolute Gasteiger partial charge is 0.486 e. The lowest BCUT2D eigenvalue weighted by molar-refractivity contribution is -0.116. The zero-order chi connectivity index (χ0) is 24.2. The van der Waals surface area contributed by atoms with Crippen LogP contribution in [0.3, 0.4) is 0 Å². The number of fused-ring (bicyclic) bond motifs is 1. The molecule has 2 atom stereocenters. The van der Waals surface area contributed by atoms with E-state index in [-0.39, 0.29) is 18.6 Å². The molecule has 2 N–H and O–H groups in total. The van der Waals surface area contributed by atoms with Gasteiger partial charge in [-0.05, 0) is 48.7 Å². The van der Waals surface area contributed by atoms with Gasteiger partial charge in [0, 0.05) is 5.69 Å². The fourth-order valence-electron chi connectivity index (χ4n) is 3.92. The number of benzene rings is 3. The molecular formula is C27H27N5O2S. The highest BCUT2D eigenvalue weighted by molar-refractivity contribution is 8.00. The summed E-state index contributed by atoms with van der Waals surface area (Å²) in [5, 5.41) is 11.9. The molecule has 0 saturated carbocycles. The van der Waals surface area contributed by atoms with E-state index >= 15 is 0 Å². The summed E-state index contributed by atoms with van der Waals surface area (Å²) in [4.78, 5) is 13.4. The molecule has 0 saturated heterocycles. The lowest BCUT2D eigenvalue weighted by Gasteiger charge is -2.33. The molecule has 35 heavy (non-hydrogen) atoms. The number of aryl methyl sites for hydroxylation is 2. The van der Waals surface area contributed by atoms with Gasteiger partial charge in [-0.1, -0.05) is 78.8 Å². The van der Waals surface area contributed by atoms with Gasteiger partial charge in [0.15, 0.2) is 5.82 Å². The first kappa shape index (κ1) is 23.0. The van der Waals surface area contributed by atoms with Crippen molar-refractivity contribution in [3.8, 4) is 5.75 Å². The van der Waals surface area contributed by atoms with E-state index < -0.39 is 5.25 Å². The SMILES string of the molecule is CCc1ccc(NC(=O)[C@H]2Sc3nnc(COc4ccccc4)n3N[C@H]2c2ccc(C)cc2)cc1. The number of nitrogens with zero attached hydrogens (tertiary/aromatic N) is 3. The number of hydrogen-bond donors (Lipinski definition) is 2. The molecule has 0 bridgehead atoms. The van der Waals surface area contributed by atoms with Crippen LogP contribution in [-0.4, -0.2) is 26.0 Å². The molecular weight excluding hydrogens is 458 g/mol. The number of ether oxygens (including phenoxy) is 1. The number of amides is 1. The van der Waals surface area contributed by atoms with Crippen molar-refractivity contribution >= 4 is 23.4 Å². The Hall–Kier alpha value is -3.78. The zero-order valence-electron chi connectivity index (χ0n) is 19.6. The molecule has 8 heteroatoms. The third kappa shape index (κ3) is 5.17. The van der Waals surface area contributed by atoms with E-state index in [0.717, 1.165) is 29.0 Å². The average molecular weight is 486 g/mol. The Morgan fingerprint density at radius 2 is 1.77 bits per heavy atom. The van der Waals surface area contributed by atoms with Crippen LogP contribution < -0.4 is 15.5 Å². The highest BCUT2D eigenvalue weighted by Crippen LogP contribution is 2.37. The summed E-state index contributed by atoms with van der Waals surface area (Å²) in [5.41, 5.74) is 7.67. The summed E-state index contributed by atoms with van der Waals surface area (Å²) >= 11 is 1.40. The Morgan fingerprint density at radius 3 is 2.49 bits per heavy atom. The Kier molecular flexibility index (Phi) is 6.72.